The minimum atomic E-state index is -3.98. The van der Waals surface area contributed by atoms with E-state index < -0.39 is 9.84 Å². The normalized spacial score (nSPS) is 13.3. The molecule has 0 saturated heterocycles. The second-order valence-electron chi connectivity index (χ2n) is 6.75. The highest BCUT2D eigenvalue weighted by Gasteiger charge is 2.30. The molecular weight excluding hydrogens is 408 g/mol. The monoisotopic (exact) mass is 430 g/mol. The summed E-state index contributed by atoms with van der Waals surface area (Å²) in [6.45, 7) is 3.47. The van der Waals surface area contributed by atoms with E-state index in [1.165, 1.54) is 12.1 Å². The molecule has 0 amide bonds. The lowest BCUT2D eigenvalue weighted by molar-refractivity contribution is 0.171. The minimum absolute atomic E-state index is 0.0469. The molecule has 30 heavy (non-hydrogen) atoms. The average Bonchev–Trinajstić information content (AvgIpc) is 3.19. The Kier molecular flexibility index (Phi) is 5.65. The second kappa shape index (κ2) is 8.37. The predicted molar refractivity (Wildman–Crippen MR) is 110 cm³/mol. The molecular formula is C21H22N2O6S. The third kappa shape index (κ3) is 3.99. The molecule has 4 rings (SSSR count). The summed E-state index contributed by atoms with van der Waals surface area (Å²) in [7, 11) is -2.42. The summed E-state index contributed by atoms with van der Waals surface area (Å²) >= 11 is 0. The van der Waals surface area contributed by atoms with Crippen LogP contribution in [0.25, 0.3) is 11.5 Å². The standard InChI is InChI=1S/C21H22N2O6S/c1-14-4-3-5-15(12-14)19-23-21(20(29-19)22-8-9-26-2)30(24,25)16-6-7-17-18(13-16)28-11-10-27-17/h3-7,12-13,22H,8-11H2,1-2H3. The molecule has 0 fully saturated rings. The van der Waals surface area contributed by atoms with Gasteiger partial charge in [-0.25, -0.2) is 8.42 Å². The lowest BCUT2D eigenvalue weighted by Crippen LogP contribution is -2.16. The van der Waals surface area contributed by atoms with Crippen LogP contribution in [0.2, 0.25) is 0 Å². The minimum Gasteiger partial charge on any atom is -0.486 e. The van der Waals surface area contributed by atoms with Crippen LogP contribution >= 0.6 is 0 Å². The van der Waals surface area contributed by atoms with Crippen molar-refractivity contribution in [2.24, 2.45) is 0 Å². The maximum Gasteiger partial charge on any atom is 0.233 e. The summed E-state index contributed by atoms with van der Waals surface area (Å²) in [6, 6.07) is 12.0. The number of methoxy groups -OCH3 is 1. The molecule has 0 radical (unpaired) electrons. The highest BCUT2D eigenvalue weighted by molar-refractivity contribution is 7.91. The highest BCUT2D eigenvalue weighted by atomic mass is 32.2. The van der Waals surface area contributed by atoms with Crippen molar-refractivity contribution in [1.29, 1.82) is 0 Å². The average molecular weight is 430 g/mol. The summed E-state index contributed by atoms with van der Waals surface area (Å²) in [4.78, 5) is 4.38. The first-order valence-electron chi connectivity index (χ1n) is 9.44. The summed E-state index contributed by atoms with van der Waals surface area (Å²) in [5.74, 6) is 1.19. The van der Waals surface area contributed by atoms with Crippen molar-refractivity contribution in [2.45, 2.75) is 16.8 Å². The third-order valence-electron chi connectivity index (χ3n) is 4.53. The summed E-state index contributed by atoms with van der Waals surface area (Å²) in [5, 5.41) is 2.78. The van der Waals surface area contributed by atoms with E-state index in [-0.39, 0.29) is 21.7 Å². The number of nitrogens with one attached hydrogen (secondary N) is 1. The Morgan fingerprint density at radius 3 is 2.67 bits per heavy atom. The molecule has 1 N–H and O–H groups in total. The molecule has 0 unspecified atom stereocenters. The van der Waals surface area contributed by atoms with Crippen LogP contribution in [0.3, 0.4) is 0 Å². The lowest BCUT2D eigenvalue weighted by atomic mass is 10.1. The zero-order valence-corrected chi connectivity index (χ0v) is 17.5. The zero-order chi connectivity index (χ0) is 21.1. The number of nitrogens with zero attached hydrogens (tertiary/aromatic N) is 1. The molecule has 8 nitrogen and oxygen atoms in total. The molecule has 2 aromatic carbocycles. The van der Waals surface area contributed by atoms with Crippen molar-refractivity contribution < 1.29 is 27.0 Å². The summed E-state index contributed by atoms with van der Waals surface area (Å²) in [5.41, 5.74) is 1.70. The number of benzene rings is 2. The Balaban J connectivity index is 1.77. The fraction of sp³-hybridized carbons (Fsp3) is 0.286. The van der Waals surface area contributed by atoms with Crippen LogP contribution in [0, 0.1) is 6.92 Å². The first-order chi connectivity index (χ1) is 14.5. The number of oxazole rings is 1. The van der Waals surface area contributed by atoms with Gasteiger partial charge in [0.2, 0.25) is 26.6 Å². The fourth-order valence-electron chi connectivity index (χ4n) is 3.07. The van der Waals surface area contributed by atoms with Gasteiger partial charge in [-0.15, -0.1) is 0 Å². The molecule has 0 atom stereocenters. The topological polar surface area (TPSA) is 99.9 Å². The number of fused-ring (bicyclic) bond motifs is 1. The number of rotatable bonds is 7. The van der Waals surface area contributed by atoms with Gasteiger partial charge in [0, 0.05) is 25.3 Å². The van der Waals surface area contributed by atoms with E-state index in [1.54, 1.807) is 13.2 Å². The Hall–Kier alpha value is -3.04. The van der Waals surface area contributed by atoms with Crippen LogP contribution in [-0.2, 0) is 14.6 Å². The van der Waals surface area contributed by atoms with Crippen molar-refractivity contribution in [1.82, 2.24) is 4.98 Å². The van der Waals surface area contributed by atoms with E-state index in [0.717, 1.165) is 5.56 Å². The van der Waals surface area contributed by atoms with E-state index in [0.29, 0.717) is 43.4 Å². The number of anilines is 1. The number of sulfone groups is 1. The first-order valence-corrected chi connectivity index (χ1v) is 10.9. The number of aryl methyl sites for hydroxylation is 1. The number of hydrogen-bond acceptors (Lipinski definition) is 8. The SMILES string of the molecule is COCCNc1oc(-c2cccc(C)c2)nc1S(=O)(=O)c1ccc2c(c1)OCCO2. The van der Waals surface area contributed by atoms with Crippen molar-refractivity contribution in [3.8, 4) is 23.0 Å². The van der Waals surface area contributed by atoms with Crippen LogP contribution in [0.1, 0.15) is 5.56 Å². The van der Waals surface area contributed by atoms with Crippen molar-refractivity contribution in [2.75, 3.05) is 38.8 Å². The maximum absolute atomic E-state index is 13.4. The van der Waals surface area contributed by atoms with Gasteiger partial charge >= 0.3 is 0 Å². The lowest BCUT2D eigenvalue weighted by Gasteiger charge is -2.18. The molecule has 0 bridgehead atoms. The van der Waals surface area contributed by atoms with Crippen LogP contribution in [-0.4, -0.2) is 46.9 Å². The maximum atomic E-state index is 13.4. The van der Waals surface area contributed by atoms with Crippen molar-refractivity contribution in [3.63, 3.8) is 0 Å². The van der Waals surface area contributed by atoms with Crippen LogP contribution in [0.5, 0.6) is 11.5 Å². The molecule has 3 aromatic rings. The molecule has 0 spiro atoms. The van der Waals surface area contributed by atoms with Crippen LogP contribution in [0.15, 0.2) is 56.8 Å². The number of aromatic nitrogens is 1. The molecule has 2 heterocycles. The predicted octanol–water partition coefficient (Wildman–Crippen LogP) is 3.31. The van der Waals surface area contributed by atoms with E-state index in [4.69, 9.17) is 18.6 Å². The second-order valence-corrected chi connectivity index (χ2v) is 8.62. The van der Waals surface area contributed by atoms with E-state index in [2.05, 4.69) is 10.3 Å². The Bertz CT molecular complexity index is 1160. The number of ether oxygens (including phenoxy) is 3. The van der Waals surface area contributed by atoms with Crippen LogP contribution < -0.4 is 14.8 Å². The quantitative estimate of drug-likeness (QED) is 0.570. The largest absolute Gasteiger partial charge is 0.486 e. The molecule has 0 saturated carbocycles. The van der Waals surface area contributed by atoms with Gasteiger partial charge in [-0.05, 0) is 31.2 Å². The highest BCUT2D eigenvalue weighted by Crippen LogP contribution is 2.37. The Morgan fingerprint density at radius 1 is 1.10 bits per heavy atom. The van der Waals surface area contributed by atoms with Gasteiger partial charge in [0.1, 0.15) is 13.2 Å². The first kappa shape index (κ1) is 20.2. The molecule has 1 aliphatic heterocycles. The van der Waals surface area contributed by atoms with Gasteiger partial charge in [0.05, 0.1) is 11.5 Å². The van der Waals surface area contributed by atoms with Crippen LogP contribution in [0.4, 0.5) is 5.88 Å². The Labute approximate surface area is 174 Å². The molecule has 1 aliphatic rings. The molecule has 9 heteroatoms. The van der Waals surface area contributed by atoms with Gasteiger partial charge in [0.25, 0.3) is 0 Å². The van der Waals surface area contributed by atoms with Crippen molar-refractivity contribution in [3.05, 3.63) is 48.0 Å². The van der Waals surface area contributed by atoms with E-state index in [9.17, 15) is 8.42 Å². The third-order valence-corrected chi connectivity index (χ3v) is 6.19. The van der Waals surface area contributed by atoms with E-state index in [1.807, 2.05) is 31.2 Å². The molecule has 158 valence electrons. The summed E-state index contributed by atoms with van der Waals surface area (Å²) in [6.07, 6.45) is 0. The number of hydrogen-bond donors (Lipinski definition) is 1. The van der Waals surface area contributed by atoms with Gasteiger partial charge in [0.15, 0.2) is 11.5 Å². The van der Waals surface area contributed by atoms with Gasteiger partial charge in [-0.3, -0.25) is 0 Å². The van der Waals surface area contributed by atoms with E-state index >= 15 is 0 Å². The molecule has 1 aromatic heterocycles. The summed E-state index contributed by atoms with van der Waals surface area (Å²) < 4.78 is 48.6. The van der Waals surface area contributed by atoms with Gasteiger partial charge < -0.3 is 23.9 Å². The molecule has 0 aliphatic carbocycles. The van der Waals surface area contributed by atoms with Gasteiger partial charge in [-0.2, -0.15) is 4.98 Å². The Morgan fingerprint density at radius 2 is 1.90 bits per heavy atom. The van der Waals surface area contributed by atoms with Gasteiger partial charge in [-0.1, -0.05) is 17.7 Å². The zero-order valence-electron chi connectivity index (χ0n) is 16.7. The fourth-order valence-corrected chi connectivity index (χ4v) is 4.36. The smallest absolute Gasteiger partial charge is 0.233 e. The van der Waals surface area contributed by atoms with Crippen molar-refractivity contribution >= 4 is 15.7 Å².